The summed E-state index contributed by atoms with van der Waals surface area (Å²) in [5.41, 5.74) is 5.31. The Kier molecular flexibility index (Phi) is 7.29. The molecule has 0 aliphatic heterocycles. The van der Waals surface area contributed by atoms with Crippen LogP contribution in [0.25, 0.3) is 0 Å². The molecule has 1 N–H and O–H groups in total. The minimum atomic E-state index is -0.263. The van der Waals surface area contributed by atoms with Crippen LogP contribution in [0.5, 0.6) is 5.75 Å². The maximum Gasteiger partial charge on any atom is 0.126 e. The molecule has 2 atom stereocenters. The van der Waals surface area contributed by atoms with Crippen molar-refractivity contribution in [3.63, 3.8) is 0 Å². The van der Waals surface area contributed by atoms with E-state index in [1.807, 2.05) is 49.4 Å². The first-order valence-corrected chi connectivity index (χ1v) is 12.2. The molecule has 4 aromatic rings. The summed E-state index contributed by atoms with van der Waals surface area (Å²) in [7, 11) is 0.212. The van der Waals surface area contributed by atoms with Crippen molar-refractivity contribution in [1.29, 1.82) is 0 Å². The smallest absolute Gasteiger partial charge is 0.126 e. The topological polar surface area (TPSA) is 20.2 Å². The first-order valence-electron chi connectivity index (χ1n) is 10.7. The standard InChI is InChI=1S/C28H26FOPS/c1-19(32)25-18-24(29)12-13-26(25)31-27-17-22(14-20-8-4-2-5-9-20)16-23(28(27)30)15-21-10-6-3-7-11-21/h2-13,16-19,30-32H,14-15H2,1H3. The van der Waals surface area contributed by atoms with Gasteiger partial charge in [0, 0.05) is 17.0 Å². The van der Waals surface area contributed by atoms with Gasteiger partial charge < -0.3 is 5.11 Å². The van der Waals surface area contributed by atoms with E-state index in [4.69, 9.17) is 0 Å². The van der Waals surface area contributed by atoms with Crippen LogP contribution in [-0.2, 0) is 12.8 Å². The Morgan fingerprint density at radius 3 is 2.03 bits per heavy atom. The van der Waals surface area contributed by atoms with Gasteiger partial charge in [-0.15, -0.1) is 0 Å². The molecule has 1 nitrogen and oxygen atoms in total. The normalized spacial score (nSPS) is 12.3. The highest BCUT2D eigenvalue weighted by Gasteiger charge is 2.15. The van der Waals surface area contributed by atoms with E-state index in [0.29, 0.717) is 12.2 Å². The maximum atomic E-state index is 13.9. The molecule has 4 heteroatoms. The van der Waals surface area contributed by atoms with Crippen molar-refractivity contribution in [3.05, 3.63) is 125 Å². The Balaban J connectivity index is 1.75. The lowest BCUT2D eigenvalue weighted by molar-refractivity contribution is 0.474. The lowest BCUT2D eigenvalue weighted by atomic mass is 9.98. The van der Waals surface area contributed by atoms with Crippen LogP contribution >= 0.6 is 21.2 Å². The second-order valence-electron chi connectivity index (χ2n) is 8.01. The fourth-order valence-electron chi connectivity index (χ4n) is 3.88. The Bertz CT molecular complexity index is 1190. The van der Waals surface area contributed by atoms with Crippen molar-refractivity contribution in [3.8, 4) is 5.75 Å². The van der Waals surface area contributed by atoms with E-state index in [0.717, 1.165) is 39.3 Å². The van der Waals surface area contributed by atoms with Gasteiger partial charge in [-0.3, -0.25) is 0 Å². The second-order valence-corrected chi connectivity index (χ2v) is 10.1. The monoisotopic (exact) mass is 460 g/mol. The molecule has 0 aliphatic carbocycles. The summed E-state index contributed by atoms with van der Waals surface area (Å²) in [4.78, 5) is 0. The first kappa shape index (κ1) is 22.6. The van der Waals surface area contributed by atoms with E-state index >= 15 is 0 Å². The molecule has 0 aliphatic rings. The maximum absolute atomic E-state index is 13.9. The van der Waals surface area contributed by atoms with Gasteiger partial charge in [0.05, 0.1) is 0 Å². The predicted octanol–water partition coefficient (Wildman–Crippen LogP) is 6.33. The number of thiol groups is 1. The van der Waals surface area contributed by atoms with E-state index in [1.165, 1.54) is 11.6 Å². The molecule has 0 fully saturated rings. The molecule has 162 valence electrons. The average Bonchev–Trinajstić information content (AvgIpc) is 2.79. The summed E-state index contributed by atoms with van der Waals surface area (Å²) in [5, 5.41) is 13.0. The number of aromatic hydroxyl groups is 1. The fourth-order valence-corrected chi connectivity index (χ4v) is 5.64. The van der Waals surface area contributed by atoms with E-state index in [-0.39, 0.29) is 19.6 Å². The third-order valence-electron chi connectivity index (χ3n) is 5.47. The Labute approximate surface area is 196 Å². The second kappa shape index (κ2) is 10.3. The summed E-state index contributed by atoms with van der Waals surface area (Å²) in [6.07, 6.45) is 1.45. The summed E-state index contributed by atoms with van der Waals surface area (Å²) in [6.45, 7) is 1.94. The van der Waals surface area contributed by atoms with E-state index < -0.39 is 0 Å². The zero-order valence-corrected chi connectivity index (χ0v) is 19.8. The Morgan fingerprint density at radius 1 is 0.781 bits per heavy atom. The minimum Gasteiger partial charge on any atom is -0.507 e. The molecule has 4 rings (SSSR count). The highest BCUT2D eigenvalue weighted by Crippen LogP contribution is 2.30. The highest BCUT2D eigenvalue weighted by atomic mass is 32.1. The summed E-state index contributed by atoms with van der Waals surface area (Å²) in [5.74, 6) is 0.0624. The third-order valence-corrected chi connectivity index (χ3v) is 7.12. The third kappa shape index (κ3) is 5.59. The van der Waals surface area contributed by atoms with Crippen molar-refractivity contribution >= 4 is 31.8 Å². The fraction of sp³-hybridized carbons (Fsp3) is 0.143. The van der Waals surface area contributed by atoms with Crippen LogP contribution in [0.2, 0.25) is 0 Å². The summed E-state index contributed by atoms with van der Waals surface area (Å²) >= 11 is 4.55. The number of benzene rings is 4. The van der Waals surface area contributed by atoms with E-state index in [9.17, 15) is 9.50 Å². The first-order chi connectivity index (χ1) is 15.5. The molecule has 32 heavy (non-hydrogen) atoms. The van der Waals surface area contributed by atoms with Crippen LogP contribution in [-0.4, -0.2) is 5.11 Å². The molecule has 0 amide bonds. The van der Waals surface area contributed by atoms with Gasteiger partial charge in [0.2, 0.25) is 0 Å². The summed E-state index contributed by atoms with van der Waals surface area (Å²) in [6, 6.07) is 29.6. The lowest BCUT2D eigenvalue weighted by Gasteiger charge is -2.17. The van der Waals surface area contributed by atoms with Crippen LogP contribution in [0.3, 0.4) is 0 Å². The van der Waals surface area contributed by atoms with Gasteiger partial charge in [-0.2, -0.15) is 12.6 Å². The Hall–Kier alpha value is -2.61. The molecule has 4 aromatic carbocycles. The number of phenols is 1. The van der Waals surface area contributed by atoms with Crippen LogP contribution in [0.15, 0.2) is 91.0 Å². The molecular weight excluding hydrogens is 434 g/mol. The molecular formula is C28H26FOPS. The van der Waals surface area contributed by atoms with Crippen molar-refractivity contribution in [2.75, 3.05) is 0 Å². The number of hydrogen-bond donors (Lipinski definition) is 2. The van der Waals surface area contributed by atoms with Gasteiger partial charge in [0.1, 0.15) is 11.6 Å². The Morgan fingerprint density at radius 2 is 1.41 bits per heavy atom. The van der Waals surface area contributed by atoms with Crippen molar-refractivity contribution in [2.45, 2.75) is 25.0 Å². The zero-order chi connectivity index (χ0) is 22.5. The van der Waals surface area contributed by atoms with E-state index in [2.05, 4.69) is 49.0 Å². The van der Waals surface area contributed by atoms with Crippen molar-refractivity contribution in [1.82, 2.24) is 0 Å². The molecule has 0 heterocycles. The van der Waals surface area contributed by atoms with E-state index in [1.54, 1.807) is 6.07 Å². The number of rotatable bonds is 7. The summed E-state index contributed by atoms with van der Waals surface area (Å²) < 4.78 is 13.9. The van der Waals surface area contributed by atoms with Gasteiger partial charge in [-0.1, -0.05) is 81.4 Å². The molecule has 0 saturated heterocycles. The van der Waals surface area contributed by atoms with Crippen molar-refractivity contribution < 1.29 is 9.50 Å². The van der Waals surface area contributed by atoms with Gasteiger partial charge >= 0.3 is 0 Å². The number of phenolic OH excluding ortho intramolecular Hbond substituents is 1. The largest absolute Gasteiger partial charge is 0.507 e. The predicted molar refractivity (Wildman–Crippen MR) is 138 cm³/mol. The van der Waals surface area contributed by atoms with Gasteiger partial charge in [0.25, 0.3) is 0 Å². The van der Waals surface area contributed by atoms with Gasteiger partial charge in [0.15, 0.2) is 0 Å². The van der Waals surface area contributed by atoms with Crippen LogP contribution in [0.4, 0.5) is 4.39 Å². The number of hydrogen-bond acceptors (Lipinski definition) is 2. The zero-order valence-electron chi connectivity index (χ0n) is 17.9. The average molecular weight is 461 g/mol. The SMILES string of the molecule is CC(S)c1cc(F)ccc1Pc1cc(Cc2ccccc2)cc(Cc2ccccc2)c1O. The molecule has 0 saturated carbocycles. The van der Waals surface area contributed by atoms with Crippen LogP contribution < -0.4 is 10.6 Å². The van der Waals surface area contributed by atoms with Gasteiger partial charge in [-0.05, 0) is 64.7 Å². The molecule has 0 spiro atoms. The lowest BCUT2D eigenvalue weighted by Crippen LogP contribution is -2.13. The molecule has 0 bridgehead atoms. The molecule has 0 aromatic heterocycles. The quantitative estimate of drug-likeness (QED) is 0.244. The number of halogens is 1. The molecule has 0 radical (unpaired) electrons. The highest BCUT2D eigenvalue weighted by molar-refractivity contribution is 7.80. The van der Waals surface area contributed by atoms with Crippen LogP contribution in [0.1, 0.15) is 40.0 Å². The molecule has 2 unspecified atom stereocenters. The van der Waals surface area contributed by atoms with Crippen molar-refractivity contribution in [2.24, 2.45) is 0 Å². The van der Waals surface area contributed by atoms with Crippen LogP contribution in [0, 0.1) is 5.82 Å². The van der Waals surface area contributed by atoms with Gasteiger partial charge in [-0.25, -0.2) is 4.39 Å². The minimum absolute atomic E-state index is 0.0911.